The van der Waals surface area contributed by atoms with Crippen LogP contribution in [0.5, 0.6) is 0 Å². The van der Waals surface area contributed by atoms with Crippen molar-refractivity contribution in [3.8, 4) is 0 Å². The number of piperidine rings is 1. The molecule has 2 rings (SSSR count). The molecular weight excluding hydrogens is 178 g/mol. The van der Waals surface area contributed by atoms with Crippen molar-refractivity contribution in [3.05, 3.63) is 0 Å². The first-order valence-corrected chi connectivity index (χ1v) is 5.52. The van der Waals surface area contributed by atoms with Crippen molar-refractivity contribution in [1.82, 2.24) is 10.2 Å². The summed E-state index contributed by atoms with van der Waals surface area (Å²) in [7, 11) is 0. The van der Waals surface area contributed by atoms with Crippen LogP contribution in [-0.4, -0.2) is 43.0 Å². The molecule has 3 N–H and O–H groups in total. The number of carbonyl (C=O) groups excluding carboxylic acids is 1. The van der Waals surface area contributed by atoms with Gasteiger partial charge in [0.05, 0.1) is 5.92 Å². The number of hydrogen-bond acceptors (Lipinski definition) is 3. The third-order valence-corrected chi connectivity index (χ3v) is 3.18. The molecule has 80 valence electrons. The van der Waals surface area contributed by atoms with Crippen molar-refractivity contribution < 1.29 is 4.79 Å². The van der Waals surface area contributed by atoms with Gasteiger partial charge in [-0.3, -0.25) is 4.79 Å². The molecule has 1 amide bonds. The average molecular weight is 197 g/mol. The van der Waals surface area contributed by atoms with Crippen LogP contribution >= 0.6 is 0 Å². The van der Waals surface area contributed by atoms with E-state index < -0.39 is 0 Å². The van der Waals surface area contributed by atoms with Crippen molar-refractivity contribution >= 4 is 5.91 Å². The van der Waals surface area contributed by atoms with Crippen LogP contribution in [0.1, 0.15) is 19.3 Å². The van der Waals surface area contributed by atoms with Crippen LogP contribution in [0.15, 0.2) is 0 Å². The monoisotopic (exact) mass is 197 g/mol. The number of likely N-dealkylation sites (tertiary alicyclic amines) is 1. The average Bonchev–Trinajstić information content (AvgIpc) is 2.65. The van der Waals surface area contributed by atoms with Gasteiger partial charge < -0.3 is 16.0 Å². The minimum atomic E-state index is 0.203. The Morgan fingerprint density at radius 3 is 2.86 bits per heavy atom. The minimum absolute atomic E-state index is 0.203. The van der Waals surface area contributed by atoms with Crippen LogP contribution < -0.4 is 11.1 Å². The highest BCUT2D eigenvalue weighted by Gasteiger charge is 2.29. The van der Waals surface area contributed by atoms with Crippen molar-refractivity contribution in [3.63, 3.8) is 0 Å². The zero-order chi connectivity index (χ0) is 9.97. The second kappa shape index (κ2) is 4.28. The van der Waals surface area contributed by atoms with Gasteiger partial charge in [-0.2, -0.15) is 0 Å². The predicted octanol–water partition coefficient (Wildman–Crippen LogP) is -0.454. The molecule has 2 heterocycles. The number of carbonyl (C=O) groups is 1. The van der Waals surface area contributed by atoms with Gasteiger partial charge in [0.25, 0.3) is 0 Å². The lowest BCUT2D eigenvalue weighted by atomic mass is 9.98. The maximum absolute atomic E-state index is 12.0. The summed E-state index contributed by atoms with van der Waals surface area (Å²) in [6, 6.07) is 0.204. The molecule has 0 saturated carbocycles. The molecule has 0 spiro atoms. The van der Waals surface area contributed by atoms with Crippen molar-refractivity contribution in [2.75, 3.05) is 26.2 Å². The molecule has 1 unspecified atom stereocenters. The van der Waals surface area contributed by atoms with Gasteiger partial charge in [0.15, 0.2) is 0 Å². The van der Waals surface area contributed by atoms with Crippen LogP contribution in [0.2, 0.25) is 0 Å². The molecule has 2 saturated heterocycles. The van der Waals surface area contributed by atoms with E-state index in [1.165, 1.54) is 0 Å². The van der Waals surface area contributed by atoms with Crippen molar-refractivity contribution in [2.24, 2.45) is 11.7 Å². The van der Waals surface area contributed by atoms with E-state index in [9.17, 15) is 4.79 Å². The molecule has 0 aliphatic carbocycles. The standard InChI is InChI=1S/C10H19N3O/c11-9-3-5-13(7-9)10(14)8-2-1-4-12-6-8/h8-9,12H,1-7,11H2/t8?,9-/m1/s1. The van der Waals surface area contributed by atoms with Gasteiger partial charge in [-0.15, -0.1) is 0 Å². The van der Waals surface area contributed by atoms with Crippen LogP contribution in [0, 0.1) is 5.92 Å². The molecule has 0 aromatic rings. The Hall–Kier alpha value is -0.610. The second-order valence-electron chi connectivity index (χ2n) is 4.38. The highest BCUT2D eigenvalue weighted by molar-refractivity contribution is 5.79. The Morgan fingerprint density at radius 2 is 2.29 bits per heavy atom. The molecule has 4 heteroatoms. The van der Waals surface area contributed by atoms with E-state index in [1.54, 1.807) is 0 Å². The van der Waals surface area contributed by atoms with E-state index in [1.807, 2.05) is 4.90 Å². The summed E-state index contributed by atoms with van der Waals surface area (Å²) in [4.78, 5) is 13.9. The first-order chi connectivity index (χ1) is 6.77. The maximum Gasteiger partial charge on any atom is 0.227 e. The zero-order valence-corrected chi connectivity index (χ0v) is 8.54. The van der Waals surface area contributed by atoms with E-state index in [2.05, 4.69) is 5.32 Å². The summed E-state index contributed by atoms with van der Waals surface area (Å²) in [6.07, 6.45) is 3.12. The van der Waals surface area contributed by atoms with Gasteiger partial charge in [-0.1, -0.05) is 0 Å². The van der Waals surface area contributed by atoms with E-state index >= 15 is 0 Å². The third kappa shape index (κ3) is 2.07. The van der Waals surface area contributed by atoms with E-state index in [-0.39, 0.29) is 12.0 Å². The zero-order valence-electron chi connectivity index (χ0n) is 8.54. The third-order valence-electron chi connectivity index (χ3n) is 3.18. The number of amides is 1. The minimum Gasteiger partial charge on any atom is -0.341 e. The Labute approximate surface area is 84.8 Å². The van der Waals surface area contributed by atoms with Crippen LogP contribution in [0.25, 0.3) is 0 Å². The summed E-state index contributed by atoms with van der Waals surface area (Å²) in [5, 5.41) is 3.27. The molecule has 14 heavy (non-hydrogen) atoms. The smallest absolute Gasteiger partial charge is 0.227 e. The molecule has 4 nitrogen and oxygen atoms in total. The SMILES string of the molecule is N[C@@H]1CCN(C(=O)C2CCCNC2)C1. The van der Waals surface area contributed by atoms with Crippen LogP contribution in [0.4, 0.5) is 0 Å². The normalized spacial score (nSPS) is 33.4. The van der Waals surface area contributed by atoms with Gasteiger partial charge in [0.2, 0.25) is 5.91 Å². The number of nitrogens with zero attached hydrogens (tertiary/aromatic N) is 1. The molecule has 0 aromatic carbocycles. The fourth-order valence-electron chi connectivity index (χ4n) is 2.31. The number of hydrogen-bond donors (Lipinski definition) is 2. The molecule has 2 aliphatic rings. The summed E-state index contributed by atoms with van der Waals surface area (Å²) < 4.78 is 0. The molecule has 0 bridgehead atoms. The highest BCUT2D eigenvalue weighted by Crippen LogP contribution is 2.16. The van der Waals surface area contributed by atoms with Crippen molar-refractivity contribution in [1.29, 1.82) is 0 Å². The Bertz CT molecular complexity index is 207. The van der Waals surface area contributed by atoms with Gasteiger partial charge in [0, 0.05) is 25.7 Å². The molecular formula is C10H19N3O. The fraction of sp³-hybridized carbons (Fsp3) is 0.900. The van der Waals surface area contributed by atoms with Gasteiger partial charge in [-0.25, -0.2) is 0 Å². The van der Waals surface area contributed by atoms with Gasteiger partial charge >= 0.3 is 0 Å². The molecule has 0 radical (unpaired) electrons. The predicted molar refractivity (Wildman–Crippen MR) is 54.8 cm³/mol. The largest absolute Gasteiger partial charge is 0.341 e. The quantitative estimate of drug-likeness (QED) is 0.598. The fourth-order valence-corrected chi connectivity index (χ4v) is 2.31. The van der Waals surface area contributed by atoms with E-state index in [0.29, 0.717) is 5.91 Å². The number of nitrogens with one attached hydrogen (secondary N) is 1. The molecule has 2 aliphatic heterocycles. The van der Waals surface area contributed by atoms with Crippen LogP contribution in [0.3, 0.4) is 0 Å². The van der Waals surface area contributed by atoms with Crippen molar-refractivity contribution in [2.45, 2.75) is 25.3 Å². The maximum atomic E-state index is 12.0. The number of rotatable bonds is 1. The van der Waals surface area contributed by atoms with Gasteiger partial charge in [-0.05, 0) is 25.8 Å². The Morgan fingerprint density at radius 1 is 1.43 bits per heavy atom. The Balaban J connectivity index is 1.87. The Kier molecular flexibility index (Phi) is 3.03. The molecule has 2 atom stereocenters. The topological polar surface area (TPSA) is 58.4 Å². The first kappa shape index (κ1) is 9.93. The van der Waals surface area contributed by atoms with Crippen LogP contribution in [-0.2, 0) is 4.79 Å². The lowest BCUT2D eigenvalue weighted by Gasteiger charge is -2.26. The van der Waals surface area contributed by atoms with E-state index in [0.717, 1.165) is 45.4 Å². The summed E-state index contributed by atoms with van der Waals surface area (Å²) >= 11 is 0. The highest BCUT2D eigenvalue weighted by atomic mass is 16.2. The molecule has 0 aromatic heterocycles. The van der Waals surface area contributed by atoms with Gasteiger partial charge in [0.1, 0.15) is 0 Å². The van der Waals surface area contributed by atoms with E-state index in [4.69, 9.17) is 5.73 Å². The summed E-state index contributed by atoms with van der Waals surface area (Å²) in [5.41, 5.74) is 5.78. The summed E-state index contributed by atoms with van der Waals surface area (Å²) in [6.45, 7) is 3.53. The summed E-state index contributed by atoms with van der Waals surface area (Å²) in [5.74, 6) is 0.513. The lowest BCUT2D eigenvalue weighted by molar-refractivity contribution is -0.135. The lowest BCUT2D eigenvalue weighted by Crippen LogP contribution is -2.42. The second-order valence-corrected chi connectivity index (χ2v) is 4.38. The molecule has 2 fully saturated rings. The first-order valence-electron chi connectivity index (χ1n) is 5.52. The number of nitrogens with two attached hydrogens (primary N) is 1.